The lowest BCUT2D eigenvalue weighted by Crippen LogP contribution is -2.35. The SMILES string of the molecule is C[SiH2]OC(O[SiH2]C)C(C)(C)CC#Cc1ccc2nc(-c3cccnc3)nc(Nc3ccc(F)c(Cl)c3)c2c1. The van der Waals surface area contributed by atoms with Crippen molar-refractivity contribution >= 4 is 53.5 Å². The molecule has 6 nitrogen and oxygen atoms in total. The van der Waals surface area contributed by atoms with Crippen LogP contribution < -0.4 is 5.32 Å². The summed E-state index contributed by atoms with van der Waals surface area (Å²) in [6.45, 7) is 8.48. The number of aromatic nitrogens is 3. The van der Waals surface area contributed by atoms with E-state index in [1.54, 1.807) is 18.5 Å². The van der Waals surface area contributed by atoms with Gasteiger partial charge < -0.3 is 14.2 Å². The number of nitrogens with zero attached hydrogens (tertiary/aromatic N) is 3. The first-order valence-electron chi connectivity index (χ1n) is 12.5. The topological polar surface area (TPSA) is 69.2 Å². The molecular formula is C28H30ClFN4O2Si2. The molecule has 0 spiro atoms. The summed E-state index contributed by atoms with van der Waals surface area (Å²) < 4.78 is 25.7. The lowest BCUT2D eigenvalue weighted by atomic mass is 9.89. The zero-order chi connectivity index (χ0) is 27.1. The Bertz CT molecular complexity index is 1470. The van der Waals surface area contributed by atoms with Crippen molar-refractivity contribution in [1.82, 2.24) is 15.0 Å². The Kier molecular flexibility index (Phi) is 9.25. The zero-order valence-electron chi connectivity index (χ0n) is 21.9. The molecular weight excluding hydrogens is 535 g/mol. The average molecular weight is 565 g/mol. The summed E-state index contributed by atoms with van der Waals surface area (Å²) in [7, 11) is -1.19. The molecule has 0 fully saturated rings. The van der Waals surface area contributed by atoms with E-state index in [9.17, 15) is 4.39 Å². The second kappa shape index (κ2) is 12.6. The molecule has 0 amide bonds. The summed E-state index contributed by atoms with van der Waals surface area (Å²) in [6, 6.07) is 14.0. The molecule has 10 heteroatoms. The molecule has 2 aromatic carbocycles. The molecule has 2 heterocycles. The van der Waals surface area contributed by atoms with Crippen LogP contribution in [0.15, 0.2) is 60.9 Å². The number of pyridine rings is 1. The number of rotatable bonds is 9. The molecule has 0 aliphatic carbocycles. The maximum Gasteiger partial charge on any atom is 0.163 e. The van der Waals surface area contributed by atoms with Crippen LogP contribution in [0, 0.1) is 23.1 Å². The summed E-state index contributed by atoms with van der Waals surface area (Å²) >= 11 is 6.02. The summed E-state index contributed by atoms with van der Waals surface area (Å²) in [6.07, 6.45) is 3.84. The van der Waals surface area contributed by atoms with Gasteiger partial charge in [0.2, 0.25) is 0 Å². The van der Waals surface area contributed by atoms with Crippen LogP contribution in [0.4, 0.5) is 15.9 Å². The van der Waals surface area contributed by atoms with Crippen molar-refractivity contribution in [2.45, 2.75) is 39.7 Å². The Balaban J connectivity index is 1.70. The smallest absolute Gasteiger partial charge is 0.163 e. The van der Waals surface area contributed by atoms with Gasteiger partial charge in [0.05, 0.1) is 10.5 Å². The molecule has 4 rings (SSSR count). The van der Waals surface area contributed by atoms with E-state index in [0.29, 0.717) is 23.8 Å². The van der Waals surface area contributed by atoms with Crippen LogP contribution in [0.25, 0.3) is 22.3 Å². The van der Waals surface area contributed by atoms with Gasteiger partial charge in [0, 0.05) is 46.4 Å². The van der Waals surface area contributed by atoms with E-state index in [0.717, 1.165) is 22.0 Å². The van der Waals surface area contributed by atoms with Gasteiger partial charge in [-0.15, -0.1) is 0 Å². The monoisotopic (exact) mass is 564 g/mol. The predicted octanol–water partition coefficient (Wildman–Crippen LogP) is 5.62. The molecule has 0 aliphatic rings. The van der Waals surface area contributed by atoms with Gasteiger partial charge in [0.15, 0.2) is 25.4 Å². The van der Waals surface area contributed by atoms with Gasteiger partial charge in [-0.2, -0.15) is 0 Å². The van der Waals surface area contributed by atoms with Crippen molar-refractivity contribution < 1.29 is 13.2 Å². The van der Waals surface area contributed by atoms with Gasteiger partial charge in [-0.1, -0.05) is 50.4 Å². The van der Waals surface area contributed by atoms with Crippen LogP contribution in [0.2, 0.25) is 18.1 Å². The normalized spacial score (nSPS) is 12.8. The van der Waals surface area contributed by atoms with E-state index in [4.69, 9.17) is 30.4 Å². The fourth-order valence-electron chi connectivity index (χ4n) is 3.90. The van der Waals surface area contributed by atoms with Crippen molar-refractivity contribution in [2.24, 2.45) is 5.41 Å². The zero-order valence-corrected chi connectivity index (χ0v) is 25.5. The number of anilines is 2. The minimum atomic E-state index is -0.593. The molecule has 0 saturated carbocycles. The van der Waals surface area contributed by atoms with Gasteiger partial charge in [-0.05, 0) is 48.5 Å². The summed E-state index contributed by atoms with van der Waals surface area (Å²) in [5.74, 6) is 7.19. The molecule has 0 radical (unpaired) electrons. The number of hydrogen-bond acceptors (Lipinski definition) is 6. The Morgan fingerprint density at radius 3 is 2.55 bits per heavy atom. The first-order valence-corrected chi connectivity index (χ1v) is 16.8. The number of benzene rings is 2. The third kappa shape index (κ3) is 6.84. The van der Waals surface area contributed by atoms with E-state index < -0.39 is 25.3 Å². The first kappa shape index (κ1) is 27.9. The van der Waals surface area contributed by atoms with E-state index >= 15 is 0 Å². The van der Waals surface area contributed by atoms with Crippen LogP contribution in [0.1, 0.15) is 25.8 Å². The van der Waals surface area contributed by atoms with E-state index in [1.807, 2.05) is 30.3 Å². The van der Waals surface area contributed by atoms with Crippen molar-refractivity contribution in [3.63, 3.8) is 0 Å². The average Bonchev–Trinajstić information content (AvgIpc) is 2.91. The van der Waals surface area contributed by atoms with Gasteiger partial charge in [-0.3, -0.25) is 4.98 Å². The Morgan fingerprint density at radius 1 is 1.08 bits per heavy atom. The van der Waals surface area contributed by atoms with Crippen LogP contribution in [0.3, 0.4) is 0 Å². The highest BCUT2D eigenvalue weighted by molar-refractivity contribution is 6.31. The van der Waals surface area contributed by atoms with E-state index in [2.05, 4.69) is 49.1 Å². The molecule has 0 bridgehead atoms. The van der Waals surface area contributed by atoms with Gasteiger partial charge in [0.25, 0.3) is 0 Å². The largest absolute Gasteiger partial charge is 0.400 e. The number of fused-ring (bicyclic) bond motifs is 1. The standard InChI is InChI=1S/C28H30ClFN4O2Si2/c1-28(2,27(35-37-3)36-38-4)13-5-7-18-9-12-24-21(15-18)26(32-20-10-11-23(30)22(29)16-20)34-25(33-24)19-8-6-14-31-17-19/h6,8-12,14-17,27H,13,37-38H2,1-4H3,(H,32,33,34). The number of halogens is 2. The highest BCUT2D eigenvalue weighted by atomic mass is 35.5. The van der Waals surface area contributed by atoms with Gasteiger partial charge in [-0.25, -0.2) is 14.4 Å². The van der Waals surface area contributed by atoms with Gasteiger partial charge >= 0.3 is 0 Å². The number of hydrogen-bond donors (Lipinski definition) is 1. The highest BCUT2D eigenvalue weighted by Crippen LogP contribution is 2.30. The molecule has 2 aromatic heterocycles. The first-order chi connectivity index (χ1) is 18.3. The van der Waals surface area contributed by atoms with Crippen molar-refractivity contribution in [2.75, 3.05) is 5.32 Å². The van der Waals surface area contributed by atoms with Crippen LogP contribution >= 0.6 is 11.6 Å². The van der Waals surface area contributed by atoms with Crippen LogP contribution in [0.5, 0.6) is 0 Å². The van der Waals surface area contributed by atoms with Crippen LogP contribution in [-0.2, 0) is 8.85 Å². The fourth-order valence-corrected chi connectivity index (χ4v) is 5.97. The molecule has 0 unspecified atom stereocenters. The lowest BCUT2D eigenvalue weighted by molar-refractivity contribution is -0.0762. The van der Waals surface area contributed by atoms with E-state index in [-0.39, 0.29) is 16.7 Å². The summed E-state index contributed by atoms with van der Waals surface area (Å²) in [5.41, 5.74) is 2.75. The predicted molar refractivity (Wildman–Crippen MR) is 158 cm³/mol. The molecule has 0 aliphatic heterocycles. The van der Waals surface area contributed by atoms with Crippen molar-refractivity contribution in [1.29, 1.82) is 0 Å². The molecule has 0 atom stereocenters. The summed E-state index contributed by atoms with van der Waals surface area (Å²) in [5, 5.41) is 4.09. The molecule has 196 valence electrons. The second-order valence-corrected chi connectivity index (χ2v) is 11.6. The Hall–Kier alpha value is -3.14. The third-order valence-corrected chi connectivity index (χ3v) is 7.41. The Morgan fingerprint density at radius 2 is 1.87 bits per heavy atom. The highest BCUT2D eigenvalue weighted by Gasteiger charge is 2.29. The molecule has 38 heavy (non-hydrogen) atoms. The molecule has 1 N–H and O–H groups in total. The van der Waals surface area contributed by atoms with Gasteiger partial charge in [0.1, 0.15) is 17.9 Å². The third-order valence-electron chi connectivity index (χ3n) is 5.85. The maximum atomic E-state index is 13.7. The summed E-state index contributed by atoms with van der Waals surface area (Å²) in [4.78, 5) is 13.7. The fraction of sp³-hybridized carbons (Fsp3) is 0.250. The molecule has 4 aromatic rings. The lowest BCUT2D eigenvalue weighted by Gasteiger charge is -2.32. The minimum Gasteiger partial charge on any atom is -0.400 e. The van der Waals surface area contributed by atoms with E-state index in [1.165, 1.54) is 12.1 Å². The molecule has 0 saturated heterocycles. The Labute approximate surface area is 232 Å². The quantitative estimate of drug-likeness (QED) is 0.162. The maximum absolute atomic E-state index is 13.7. The number of nitrogens with one attached hydrogen (secondary N) is 1. The van der Waals surface area contributed by atoms with Crippen molar-refractivity contribution in [3.8, 4) is 23.2 Å². The second-order valence-electron chi connectivity index (χ2n) is 9.33. The van der Waals surface area contributed by atoms with Crippen LogP contribution in [-0.4, -0.2) is 40.8 Å². The van der Waals surface area contributed by atoms with Crippen molar-refractivity contribution in [3.05, 3.63) is 77.3 Å². The minimum absolute atomic E-state index is 0.0257.